The lowest BCUT2D eigenvalue weighted by molar-refractivity contribution is -0.220. The monoisotopic (exact) mass is 465 g/mol. The van der Waals surface area contributed by atoms with Crippen LogP contribution in [0.5, 0.6) is 0 Å². The second-order valence-corrected chi connectivity index (χ2v) is 10.4. The van der Waals surface area contributed by atoms with Crippen LogP contribution in [-0.4, -0.2) is 26.9 Å². The fraction of sp³-hybridized carbons (Fsp3) is 0.538. The summed E-state index contributed by atoms with van der Waals surface area (Å²) >= 11 is 0. The van der Waals surface area contributed by atoms with Crippen molar-refractivity contribution in [1.29, 1.82) is 5.26 Å². The van der Waals surface area contributed by atoms with Gasteiger partial charge in [0.1, 0.15) is 17.7 Å². The summed E-state index contributed by atoms with van der Waals surface area (Å²) in [6.45, 7) is 2.74. The SMILES string of the molecule is Cc1cn(CCCCCCC23CC(C(=O)N4N=CCC4c4cc(F)cc(F)c4)(C2)C3)nc1C#N. The summed E-state index contributed by atoms with van der Waals surface area (Å²) in [6.07, 6.45) is 12.4. The number of unbranched alkanes of at least 4 members (excludes halogenated alkanes) is 3. The molecule has 1 aliphatic heterocycles. The van der Waals surface area contributed by atoms with Crippen LogP contribution in [0.25, 0.3) is 0 Å². The quantitative estimate of drug-likeness (QED) is 0.464. The molecule has 6 rings (SSSR count). The Bertz CT molecular complexity index is 1140. The number of benzene rings is 1. The molecule has 1 unspecified atom stereocenters. The minimum atomic E-state index is -0.634. The van der Waals surface area contributed by atoms with Crippen LogP contribution in [0.4, 0.5) is 8.78 Å². The van der Waals surface area contributed by atoms with Gasteiger partial charge in [-0.25, -0.2) is 13.8 Å². The number of aromatic nitrogens is 2. The maximum atomic E-state index is 13.7. The summed E-state index contributed by atoms with van der Waals surface area (Å²) in [4.78, 5) is 13.3. The molecule has 2 aromatic rings. The van der Waals surface area contributed by atoms with Gasteiger partial charge in [0, 0.05) is 37.0 Å². The third-order valence-electron chi connectivity index (χ3n) is 7.80. The summed E-state index contributed by atoms with van der Waals surface area (Å²) in [5, 5.41) is 19.0. The van der Waals surface area contributed by atoms with E-state index in [4.69, 9.17) is 5.26 Å². The first-order valence-corrected chi connectivity index (χ1v) is 12.1. The highest BCUT2D eigenvalue weighted by atomic mass is 19.1. The van der Waals surface area contributed by atoms with Gasteiger partial charge < -0.3 is 0 Å². The first-order chi connectivity index (χ1) is 16.3. The number of amides is 1. The van der Waals surface area contributed by atoms with Crippen LogP contribution < -0.4 is 0 Å². The van der Waals surface area contributed by atoms with Crippen LogP contribution >= 0.6 is 0 Å². The van der Waals surface area contributed by atoms with Crippen LogP contribution in [0.1, 0.15) is 80.7 Å². The number of nitriles is 1. The Labute approximate surface area is 198 Å². The van der Waals surface area contributed by atoms with Gasteiger partial charge >= 0.3 is 0 Å². The van der Waals surface area contributed by atoms with Gasteiger partial charge in [0.05, 0.1) is 11.5 Å². The zero-order valence-electron chi connectivity index (χ0n) is 19.4. The van der Waals surface area contributed by atoms with Gasteiger partial charge in [-0.05, 0) is 62.1 Å². The zero-order chi connectivity index (χ0) is 23.9. The Kier molecular flexibility index (Phi) is 5.75. The number of hydrazone groups is 1. The molecule has 0 saturated heterocycles. The van der Waals surface area contributed by atoms with Crippen molar-refractivity contribution in [2.45, 2.75) is 77.3 Å². The maximum Gasteiger partial charge on any atom is 0.249 e. The van der Waals surface area contributed by atoms with Crippen molar-refractivity contribution in [3.63, 3.8) is 0 Å². The van der Waals surface area contributed by atoms with Gasteiger partial charge in [-0.15, -0.1) is 0 Å². The lowest BCUT2D eigenvalue weighted by atomic mass is 9.33. The Hall–Kier alpha value is -3.08. The van der Waals surface area contributed by atoms with Crippen molar-refractivity contribution in [2.24, 2.45) is 15.9 Å². The van der Waals surface area contributed by atoms with Crippen LogP contribution in [0, 0.1) is 40.7 Å². The molecule has 4 aliphatic rings. The molecule has 2 heterocycles. The number of aryl methyl sites for hydroxylation is 2. The molecule has 0 N–H and O–H groups in total. The Balaban J connectivity index is 1.06. The van der Waals surface area contributed by atoms with Crippen LogP contribution in [-0.2, 0) is 11.3 Å². The molecule has 0 spiro atoms. The summed E-state index contributed by atoms with van der Waals surface area (Å²) in [5.74, 6) is -1.26. The number of halogens is 2. The lowest BCUT2D eigenvalue weighted by Gasteiger charge is -2.70. The largest absolute Gasteiger partial charge is 0.272 e. The highest BCUT2D eigenvalue weighted by Crippen LogP contribution is 2.76. The van der Waals surface area contributed by atoms with E-state index in [1.165, 1.54) is 17.1 Å². The van der Waals surface area contributed by atoms with Crippen LogP contribution in [0.15, 0.2) is 29.5 Å². The molecule has 2 bridgehead atoms. The number of carbonyl (C=O) groups is 1. The molecule has 178 valence electrons. The van der Waals surface area contributed by atoms with E-state index in [0.29, 0.717) is 23.1 Å². The number of carbonyl (C=O) groups excluding carboxylic acids is 1. The van der Waals surface area contributed by atoms with E-state index in [1.54, 1.807) is 6.21 Å². The summed E-state index contributed by atoms with van der Waals surface area (Å²) in [7, 11) is 0. The molecular weight excluding hydrogens is 436 g/mol. The topological polar surface area (TPSA) is 74.3 Å². The molecule has 1 atom stereocenters. The predicted octanol–water partition coefficient (Wildman–Crippen LogP) is 5.42. The van der Waals surface area contributed by atoms with E-state index in [9.17, 15) is 13.6 Å². The number of hydrogen-bond acceptors (Lipinski definition) is 4. The molecule has 1 aromatic heterocycles. The first-order valence-electron chi connectivity index (χ1n) is 12.1. The first kappa shape index (κ1) is 22.7. The molecule has 6 nitrogen and oxygen atoms in total. The molecule has 1 aromatic carbocycles. The molecular formula is C26H29F2N5O. The van der Waals surface area contributed by atoms with Gasteiger partial charge in [0.2, 0.25) is 5.91 Å². The molecule has 3 fully saturated rings. The van der Waals surface area contributed by atoms with E-state index in [0.717, 1.165) is 69.5 Å². The van der Waals surface area contributed by atoms with Gasteiger partial charge in [-0.1, -0.05) is 19.3 Å². The molecule has 1 amide bonds. The number of rotatable bonds is 9. The highest BCUT2D eigenvalue weighted by Gasteiger charge is 2.71. The third kappa shape index (κ3) is 4.02. The van der Waals surface area contributed by atoms with Crippen molar-refractivity contribution in [1.82, 2.24) is 14.8 Å². The van der Waals surface area contributed by atoms with Gasteiger partial charge in [0.25, 0.3) is 0 Å². The van der Waals surface area contributed by atoms with Gasteiger partial charge in [0.15, 0.2) is 5.69 Å². The highest BCUT2D eigenvalue weighted by molar-refractivity contribution is 5.88. The van der Waals surface area contributed by atoms with Crippen molar-refractivity contribution in [3.8, 4) is 6.07 Å². The average molecular weight is 466 g/mol. The van der Waals surface area contributed by atoms with Crippen LogP contribution in [0.3, 0.4) is 0 Å². The molecule has 0 radical (unpaired) electrons. The van der Waals surface area contributed by atoms with E-state index in [-0.39, 0.29) is 11.3 Å². The van der Waals surface area contributed by atoms with Crippen molar-refractivity contribution >= 4 is 12.1 Å². The fourth-order valence-corrected chi connectivity index (χ4v) is 6.26. The second kappa shape index (κ2) is 8.61. The normalized spacial score (nSPS) is 26.8. The Morgan fingerprint density at radius 3 is 2.53 bits per heavy atom. The molecule has 3 aliphatic carbocycles. The van der Waals surface area contributed by atoms with Crippen molar-refractivity contribution in [2.75, 3.05) is 0 Å². The minimum Gasteiger partial charge on any atom is -0.272 e. The van der Waals surface area contributed by atoms with E-state index in [1.807, 2.05) is 17.8 Å². The molecule has 8 heteroatoms. The van der Waals surface area contributed by atoms with E-state index in [2.05, 4.69) is 16.3 Å². The zero-order valence-corrected chi connectivity index (χ0v) is 19.4. The predicted molar refractivity (Wildman–Crippen MR) is 123 cm³/mol. The number of hydrogen-bond donors (Lipinski definition) is 0. The Morgan fingerprint density at radius 1 is 1.15 bits per heavy atom. The van der Waals surface area contributed by atoms with Crippen molar-refractivity contribution < 1.29 is 13.6 Å². The second-order valence-electron chi connectivity index (χ2n) is 10.4. The van der Waals surface area contributed by atoms with Gasteiger partial charge in [-0.2, -0.15) is 15.5 Å². The smallest absolute Gasteiger partial charge is 0.249 e. The summed E-state index contributed by atoms with van der Waals surface area (Å²) in [5.41, 5.74) is 1.84. The van der Waals surface area contributed by atoms with Crippen LogP contribution in [0.2, 0.25) is 0 Å². The third-order valence-corrected chi connectivity index (χ3v) is 7.80. The fourth-order valence-electron chi connectivity index (χ4n) is 6.26. The van der Waals surface area contributed by atoms with E-state index >= 15 is 0 Å². The lowest BCUT2D eigenvalue weighted by Crippen LogP contribution is -2.67. The molecule has 34 heavy (non-hydrogen) atoms. The standard InChI is InChI=1S/C26H29F2N5O/c1-18-14-32(31-22(18)13-29)9-5-3-2-4-7-25-15-26(16-25,17-25)24(34)33-23(6-8-30-33)19-10-20(27)12-21(28)11-19/h8,10-12,14,23H,2-7,9,15-17H2,1H3. The van der Waals surface area contributed by atoms with Crippen molar-refractivity contribution in [3.05, 3.63) is 52.9 Å². The average Bonchev–Trinajstić information content (AvgIpc) is 3.36. The number of nitrogens with zero attached hydrogens (tertiary/aromatic N) is 5. The summed E-state index contributed by atoms with van der Waals surface area (Å²) in [6, 6.07) is 5.12. The van der Waals surface area contributed by atoms with E-state index < -0.39 is 17.7 Å². The summed E-state index contributed by atoms with van der Waals surface area (Å²) < 4.78 is 29.2. The van der Waals surface area contributed by atoms with Gasteiger partial charge in [-0.3, -0.25) is 9.48 Å². The molecule has 3 saturated carbocycles. The minimum absolute atomic E-state index is 0.00375. The Morgan fingerprint density at radius 2 is 1.85 bits per heavy atom. The maximum absolute atomic E-state index is 13.7.